The molecule has 7 nitrogen and oxygen atoms in total. The summed E-state index contributed by atoms with van der Waals surface area (Å²) in [6.07, 6.45) is 2.43. The minimum atomic E-state index is -0.333. The van der Waals surface area contributed by atoms with Gasteiger partial charge in [0.15, 0.2) is 0 Å². The van der Waals surface area contributed by atoms with Gasteiger partial charge in [-0.05, 0) is 38.6 Å². The van der Waals surface area contributed by atoms with Crippen molar-refractivity contribution >= 4 is 11.8 Å². The van der Waals surface area contributed by atoms with Crippen LogP contribution in [-0.2, 0) is 16.1 Å². The predicted molar refractivity (Wildman–Crippen MR) is 93.8 cm³/mol. The van der Waals surface area contributed by atoms with E-state index in [1.165, 1.54) is 0 Å². The summed E-state index contributed by atoms with van der Waals surface area (Å²) in [6.45, 7) is 5.42. The van der Waals surface area contributed by atoms with E-state index in [1.54, 1.807) is 18.1 Å². The number of likely N-dealkylation sites (tertiary alicyclic amines) is 2. The number of furan rings is 1. The Bertz CT molecular complexity index is 601. The van der Waals surface area contributed by atoms with Crippen molar-refractivity contribution in [2.45, 2.75) is 32.0 Å². The molecule has 0 aliphatic carbocycles. The van der Waals surface area contributed by atoms with E-state index in [2.05, 4.69) is 10.2 Å². The normalized spacial score (nSPS) is 26.2. The van der Waals surface area contributed by atoms with Crippen molar-refractivity contribution in [1.82, 2.24) is 20.0 Å². The molecule has 2 aliphatic heterocycles. The summed E-state index contributed by atoms with van der Waals surface area (Å²) in [5.74, 6) is 1.25. The first-order valence-corrected chi connectivity index (χ1v) is 8.91. The smallest absolute Gasteiger partial charge is 0.242 e. The van der Waals surface area contributed by atoms with Crippen molar-refractivity contribution in [3.63, 3.8) is 0 Å². The number of hydrogen-bond acceptors (Lipinski definition) is 5. The van der Waals surface area contributed by atoms with Gasteiger partial charge >= 0.3 is 0 Å². The standard InChI is InChI=1S/C18H28N4O3/c1-13(23)22-16(18(24)19-6-7-20(2)3)9-14-10-21(12-17(14)22)11-15-5-4-8-25-15/h4-5,8,14,16-17H,6-7,9-12H2,1-3H3,(H,19,24)/t14-,16-,17+/m0/s1. The van der Waals surface area contributed by atoms with E-state index in [-0.39, 0.29) is 23.9 Å². The molecule has 3 heterocycles. The number of likely N-dealkylation sites (N-methyl/N-ethyl adjacent to an activating group) is 1. The molecular weight excluding hydrogens is 320 g/mol. The summed E-state index contributed by atoms with van der Waals surface area (Å²) in [5, 5.41) is 2.97. The third-order valence-electron chi connectivity index (χ3n) is 5.19. The average Bonchev–Trinajstić information content (AvgIpc) is 3.22. The van der Waals surface area contributed by atoms with Crippen LogP contribution in [0, 0.1) is 5.92 Å². The third kappa shape index (κ3) is 4.04. The van der Waals surface area contributed by atoms with Crippen LogP contribution in [0.2, 0.25) is 0 Å². The number of carbonyl (C=O) groups excluding carboxylic acids is 2. The van der Waals surface area contributed by atoms with Gasteiger partial charge in [-0.25, -0.2) is 0 Å². The van der Waals surface area contributed by atoms with Crippen LogP contribution in [0.4, 0.5) is 0 Å². The largest absolute Gasteiger partial charge is 0.468 e. The van der Waals surface area contributed by atoms with Crippen LogP contribution in [-0.4, -0.2) is 78.9 Å². The van der Waals surface area contributed by atoms with E-state index in [0.717, 1.165) is 38.4 Å². The molecule has 2 fully saturated rings. The molecule has 25 heavy (non-hydrogen) atoms. The van der Waals surface area contributed by atoms with Gasteiger partial charge < -0.3 is 19.5 Å². The SMILES string of the molecule is CC(=O)N1[C@@H]2CN(Cc3ccco3)C[C@@H]2C[C@H]1C(=O)NCCN(C)C. The Morgan fingerprint density at radius 1 is 1.36 bits per heavy atom. The van der Waals surface area contributed by atoms with Crippen molar-refractivity contribution in [1.29, 1.82) is 0 Å². The molecule has 0 spiro atoms. The third-order valence-corrected chi connectivity index (χ3v) is 5.19. The number of rotatable bonds is 6. The Kier molecular flexibility index (Phi) is 5.44. The summed E-state index contributed by atoms with van der Waals surface area (Å²) in [7, 11) is 3.95. The van der Waals surface area contributed by atoms with Gasteiger partial charge in [-0.1, -0.05) is 0 Å². The Labute approximate surface area is 148 Å². The highest BCUT2D eigenvalue weighted by Gasteiger charge is 2.49. The molecule has 3 rings (SSSR count). The minimum absolute atomic E-state index is 0.0138. The van der Waals surface area contributed by atoms with Crippen LogP contribution in [0.3, 0.4) is 0 Å². The zero-order chi connectivity index (χ0) is 18.0. The van der Waals surface area contributed by atoms with Gasteiger partial charge in [0.05, 0.1) is 12.8 Å². The van der Waals surface area contributed by atoms with Crippen molar-refractivity contribution in [2.75, 3.05) is 40.3 Å². The topological polar surface area (TPSA) is 69.0 Å². The summed E-state index contributed by atoms with van der Waals surface area (Å²) in [4.78, 5) is 30.9. The molecule has 2 amide bonds. The van der Waals surface area contributed by atoms with E-state index in [1.807, 2.05) is 31.1 Å². The zero-order valence-electron chi connectivity index (χ0n) is 15.3. The van der Waals surface area contributed by atoms with Crippen molar-refractivity contribution in [3.8, 4) is 0 Å². The first-order valence-electron chi connectivity index (χ1n) is 8.91. The van der Waals surface area contributed by atoms with Gasteiger partial charge in [-0.3, -0.25) is 14.5 Å². The number of carbonyl (C=O) groups is 2. The fourth-order valence-corrected chi connectivity index (χ4v) is 4.08. The summed E-state index contributed by atoms with van der Waals surface area (Å²) in [5.41, 5.74) is 0. The van der Waals surface area contributed by atoms with Gasteiger partial charge in [0.1, 0.15) is 11.8 Å². The van der Waals surface area contributed by atoms with Gasteiger partial charge in [-0.15, -0.1) is 0 Å². The van der Waals surface area contributed by atoms with Crippen LogP contribution < -0.4 is 5.32 Å². The van der Waals surface area contributed by atoms with Gasteiger partial charge in [0.2, 0.25) is 11.8 Å². The maximum absolute atomic E-state index is 12.6. The zero-order valence-corrected chi connectivity index (χ0v) is 15.3. The molecule has 138 valence electrons. The highest BCUT2D eigenvalue weighted by Crippen LogP contribution is 2.36. The minimum Gasteiger partial charge on any atom is -0.468 e. The first kappa shape index (κ1) is 17.9. The molecule has 2 aliphatic rings. The number of amides is 2. The van der Waals surface area contributed by atoms with Crippen LogP contribution in [0.25, 0.3) is 0 Å². The second kappa shape index (κ2) is 7.58. The van der Waals surface area contributed by atoms with Crippen molar-refractivity contribution in [3.05, 3.63) is 24.2 Å². The van der Waals surface area contributed by atoms with Crippen molar-refractivity contribution < 1.29 is 14.0 Å². The van der Waals surface area contributed by atoms with Crippen LogP contribution in [0.5, 0.6) is 0 Å². The Morgan fingerprint density at radius 3 is 2.80 bits per heavy atom. The molecule has 0 radical (unpaired) electrons. The molecule has 0 bridgehead atoms. The Hall–Kier alpha value is -1.86. The molecule has 1 aromatic heterocycles. The van der Waals surface area contributed by atoms with Gasteiger partial charge in [-0.2, -0.15) is 0 Å². The Morgan fingerprint density at radius 2 is 2.16 bits per heavy atom. The van der Waals surface area contributed by atoms with E-state index >= 15 is 0 Å². The van der Waals surface area contributed by atoms with E-state index in [0.29, 0.717) is 12.5 Å². The molecule has 1 aromatic rings. The van der Waals surface area contributed by atoms with Gasteiger partial charge in [0.25, 0.3) is 0 Å². The van der Waals surface area contributed by atoms with Crippen LogP contribution >= 0.6 is 0 Å². The molecule has 7 heteroatoms. The first-order chi connectivity index (χ1) is 12.0. The lowest BCUT2D eigenvalue weighted by Crippen LogP contribution is -2.50. The second-order valence-corrected chi connectivity index (χ2v) is 7.37. The Balaban J connectivity index is 1.60. The molecular formula is C18H28N4O3. The second-order valence-electron chi connectivity index (χ2n) is 7.37. The average molecular weight is 348 g/mol. The van der Waals surface area contributed by atoms with Gasteiger partial charge in [0, 0.05) is 39.1 Å². The summed E-state index contributed by atoms with van der Waals surface area (Å²) >= 11 is 0. The number of nitrogens with zero attached hydrogens (tertiary/aromatic N) is 3. The fraction of sp³-hybridized carbons (Fsp3) is 0.667. The molecule has 0 unspecified atom stereocenters. The molecule has 0 aromatic carbocycles. The fourth-order valence-electron chi connectivity index (χ4n) is 4.08. The van der Waals surface area contributed by atoms with E-state index < -0.39 is 0 Å². The lowest BCUT2D eigenvalue weighted by Gasteiger charge is -2.29. The maximum atomic E-state index is 12.6. The molecule has 1 N–H and O–H groups in total. The summed E-state index contributed by atoms with van der Waals surface area (Å²) in [6, 6.07) is 3.65. The number of hydrogen-bond donors (Lipinski definition) is 1. The van der Waals surface area contributed by atoms with E-state index in [4.69, 9.17) is 4.42 Å². The highest BCUT2D eigenvalue weighted by molar-refractivity contribution is 5.88. The monoisotopic (exact) mass is 348 g/mol. The highest BCUT2D eigenvalue weighted by atomic mass is 16.3. The van der Waals surface area contributed by atoms with Crippen molar-refractivity contribution in [2.24, 2.45) is 5.92 Å². The van der Waals surface area contributed by atoms with E-state index in [9.17, 15) is 9.59 Å². The quantitative estimate of drug-likeness (QED) is 0.805. The number of fused-ring (bicyclic) bond motifs is 1. The van der Waals surface area contributed by atoms with Crippen LogP contribution in [0.15, 0.2) is 22.8 Å². The van der Waals surface area contributed by atoms with Crippen LogP contribution in [0.1, 0.15) is 19.1 Å². The maximum Gasteiger partial charge on any atom is 0.242 e. The summed E-state index contributed by atoms with van der Waals surface area (Å²) < 4.78 is 5.42. The number of nitrogens with one attached hydrogen (secondary N) is 1. The lowest BCUT2D eigenvalue weighted by atomic mass is 10.0. The molecule has 0 saturated carbocycles. The predicted octanol–water partition coefficient (Wildman–Crippen LogP) is 0.379. The lowest BCUT2D eigenvalue weighted by molar-refractivity contribution is -0.138. The molecule has 3 atom stereocenters. The molecule has 2 saturated heterocycles.